The summed E-state index contributed by atoms with van der Waals surface area (Å²) in [5.74, 6) is 0.574. The maximum Gasteiger partial charge on any atom is 0.243 e. The summed E-state index contributed by atoms with van der Waals surface area (Å²) in [7, 11) is 0. The van der Waals surface area contributed by atoms with Crippen molar-refractivity contribution in [3.05, 3.63) is 47.5 Å². The minimum Gasteiger partial charge on any atom is -0.388 e. The van der Waals surface area contributed by atoms with Crippen LogP contribution in [-0.4, -0.2) is 17.6 Å². The van der Waals surface area contributed by atoms with Gasteiger partial charge in [0.05, 0.1) is 6.10 Å². The average molecular weight is 259 g/mol. The molecular weight excluding hydrogens is 238 g/mol. The SMILES string of the molecule is C/C(=C/C(=O)NCCC(O)c1ccccc1)C1CC1. The van der Waals surface area contributed by atoms with Crippen LogP contribution < -0.4 is 5.32 Å². The highest BCUT2D eigenvalue weighted by Gasteiger charge is 2.23. The lowest BCUT2D eigenvalue weighted by Crippen LogP contribution is -2.24. The Morgan fingerprint density at radius 3 is 2.74 bits per heavy atom. The minimum atomic E-state index is -0.519. The maximum absolute atomic E-state index is 11.6. The number of hydrogen-bond acceptors (Lipinski definition) is 2. The summed E-state index contributed by atoms with van der Waals surface area (Å²) >= 11 is 0. The Labute approximate surface area is 114 Å². The van der Waals surface area contributed by atoms with E-state index in [2.05, 4.69) is 5.32 Å². The summed E-state index contributed by atoms with van der Waals surface area (Å²) in [6.45, 7) is 2.50. The quantitative estimate of drug-likeness (QED) is 0.771. The van der Waals surface area contributed by atoms with Crippen molar-refractivity contribution in [2.45, 2.75) is 32.3 Å². The van der Waals surface area contributed by atoms with Gasteiger partial charge in [0.25, 0.3) is 0 Å². The Hall–Kier alpha value is -1.61. The molecule has 2 rings (SSSR count). The fourth-order valence-corrected chi connectivity index (χ4v) is 2.09. The van der Waals surface area contributed by atoms with E-state index in [4.69, 9.17) is 0 Å². The minimum absolute atomic E-state index is 0.0512. The molecule has 1 aromatic rings. The first-order valence-electron chi connectivity index (χ1n) is 6.86. The average Bonchev–Trinajstić information content (AvgIpc) is 3.24. The number of amides is 1. The van der Waals surface area contributed by atoms with Crippen LogP contribution in [-0.2, 0) is 4.79 Å². The number of rotatable bonds is 6. The number of aliphatic hydroxyl groups is 1. The molecule has 1 fully saturated rings. The van der Waals surface area contributed by atoms with Crippen LogP contribution in [0.1, 0.15) is 37.9 Å². The third kappa shape index (κ3) is 4.52. The summed E-state index contributed by atoms with van der Waals surface area (Å²) in [5.41, 5.74) is 2.06. The number of benzene rings is 1. The molecule has 1 aromatic carbocycles. The Morgan fingerprint density at radius 1 is 1.42 bits per heavy atom. The number of carbonyl (C=O) groups excluding carboxylic acids is 1. The number of aliphatic hydroxyl groups excluding tert-OH is 1. The molecule has 1 amide bonds. The molecule has 1 aliphatic rings. The van der Waals surface area contributed by atoms with Gasteiger partial charge in [0.2, 0.25) is 5.91 Å². The molecule has 0 heterocycles. The second kappa shape index (κ2) is 6.53. The number of allylic oxidation sites excluding steroid dienone is 1. The van der Waals surface area contributed by atoms with Gasteiger partial charge in [-0.2, -0.15) is 0 Å². The van der Waals surface area contributed by atoms with Crippen molar-refractivity contribution in [3.63, 3.8) is 0 Å². The summed E-state index contributed by atoms with van der Waals surface area (Å²) in [6, 6.07) is 9.51. The zero-order valence-corrected chi connectivity index (χ0v) is 11.3. The van der Waals surface area contributed by atoms with Gasteiger partial charge in [-0.05, 0) is 37.7 Å². The van der Waals surface area contributed by atoms with E-state index in [0.717, 1.165) is 5.56 Å². The van der Waals surface area contributed by atoms with Gasteiger partial charge in [0.1, 0.15) is 0 Å². The van der Waals surface area contributed by atoms with E-state index in [1.807, 2.05) is 37.3 Å². The molecule has 0 radical (unpaired) electrons. The first-order chi connectivity index (χ1) is 9.16. The van der Waals surface area contributed by atoms with Crippen LogP contribution >= 0.6 is 0 Å². The van der Waals surface area contributed by atoms with Gasteiger partial charge in [-0.15, -0.1) is 0 Å². The van der Waals surface area contributed by atoms with Gasteiger partial charge in [-0.3, -0.25) is 4.79 Å². The highest BCUT2D eigenvalue weighted by molar-refractivity contribution is 5.88. The molecule has 2 N–H and O–H groups in total. The molecule has 1 saturated carbocycles. The standard InChI is InChI=1S/C16H21NO2/c1-12(13-7-8-13)11-16(19)17-10-9-15(18)14-5-3-2-4-6-14/h2-6,11,13,15,18H,7-10H2,1H3,(H,17,19)/b12-11-. The van der Waals surface area contributed by atoms with Gasteiger partial charge in [0.15, 0.2) is 0 Å². The Bertz CT molecular complexity index is 449. The summed E-state index contributed by atoms with van der Waals surface area (Å²) in [6.07, 6.45) is 4.12. The number of carbonyl (C=O) groups is 1. The van der Waals surface area contributed by atoms with Gasteiger partial charge in [0, 0.05) is 12.6 Å². The first-order valence-corrected chi connectivity index (χ1v) is 6.86. The molecule has 0 saturated heterocycles. The molecule has 0 aromatic heterocycles. The van der Waals surface area contributed by atoms with Crippen LogP contribution in [0, 0.1) is 5.92 Å². The van der Waals surface area contributed by atoms with E-state index < -0.39 is 6.10 Å². The maximum atomic E-state index is 11.6. The van der Waals surface area contributed by atoms with Crippen molar-refractivity contribution in [2.24, 2.45) is 5.92 Å². The highest BCUT2D eigenvalue weighted by Crippen LogP contribution is 2.35. The van der Waals surface area contributed by atoms with Crippen LogP contribution in [0.25, 0.3) is 0 Å². The number of nitrogens with one attached hydrogen (secondary N) is 1. The van der Waals surface area contributed by atoms with Crippen LogP contribution in [0.5, 0.6) is 0 Å². The third-order valence-corrected chi connectivity index (χ3v) is 3.48. The largest absolute Gasteiger partial charge is 0.388 e. The lowest BCUT2D eigenvalue weighted by molar-refractivity contribution is -0.116. The first kappa shape index (κ1) is 13.8. The number of hydrogen-bond donors (Lipinski definition) is 2. The second-order valence-corrected chi connectivity index (χ2v) is 5.17. The smallest absolute Gasteiger partial charge is 0.243 e. The highest BCUT2D eigenvalue weighted by atomic mass is 16.3. The molecule has 3 nitrogen and oxygen atoms in total. The summed E-state index contributed by atoms with van der Waals surface area (Å²) in [5, 5.41) is 12.8. The predicted octanol–water partition coefficient (Wildman–Crippen LogP) is 2.58. The molecule has 0 aliphatic heterocycles. The third-order valence-electron chi connectivity index (χ3n) is 3.48. The van der Waals surface area contributed by atoms with Crippen molar-refractivity contribution in [1.82, 2.24) is 5.32 Å². The normalized spacial score (nSPS) is 17.1. The van der Waals surface area contributed by atoms with Crippen molar-refractivity contribution in [3.8, 4) is 0 Å². The van der Waals surface area contributed by atoms with Crippen molar-refractivity contribution in [2.75, 3.05) is 6.54 Å². The van der Waals surface area contributed by atoms with Crippen LogP contribution in [0.4, 0.5) is 0 Å². The van der Waals surface area contributed by atoms with E-state index in [1.54, 1.807) is 6.08 Å². The lowest BCUT2D eigenvalue weighted by Gasteiger charge is -2.11. The second-order valence-electron chi connectivity index (χ2n) is 5.17. The molecule has 1 unspecified atom stereocenters. The predicted molar refractivity (Wildman–Crippen MR) is 75.5 cm³/mol. The van der Waals surface area contributed by atoms with Gasteiger partial charge in [-0.1, -0.05) is 35.9 Å². The van der Waals surface area contributed by atoms with E-state index in [1.165, 1.54) is 18.4 Å². The zero-order chi connectivity index (χ0) is 13.7. The van der Waals surface area contributed by atoms with E-state index in [9.17, 15) is 9.90 Å². The van der Waals surface area contributed by atoms with Crippen molar-refractivity contribution >= 4 is 5.91 Å². The van der Waals surface area contributed by atoms with Crippen molar-refractivity contribution in [1.29, 1.82) is 0 Å². The lowest BCUT2D eigenvalue weighted by atomic mass is 10.1. The van der Waals surface area contributed by atoms with Crippen LogP contribution in [0.3, 0.4) is 0 Å². The molecule has 1 aliphatic carbocycles. The molecule has 1 atom stereocenters. The molecule has 0 bridgehead atoms. The van der Waals surface area contributed by atoms with Crippen molar-refractivity contribution < 1.29 is 9.90 Å². The van der Waals surface area contributed by atoms with Crippen LogP contribution in [0.15, 0.2) is 42.0 Å². The summed E-state index contributed by atoms with van der Waals surface area (Å²) in [4.78, 5) is 11.6. The van der Waals surface area contributed by atoms with E-state index >= 15 is 0 Å². The molecule has 19 heavy (non-hydrogen) atoms. The Kier molecular flexibility index (Phi) is 4.74. The van der Waals surface area contributed by atoms with Gasteiger partial charge < -0.3 is 10.4 Å². The molecule has 3 heteroatoms. The fraction of sp³-hybridized carbons (Fsp3) is 0.438. The Balaban J connectivity index is 1.71. The molecular formula is C16H21NO2. The van der Waals surface area contributed by atoms with E-state index in [-0.39, 0.29) is 5.91 Å². The molecule has 102 valence electrons. The zero-order valence-electron chi connectivity index (χ0n) is 11.3. The molecule has 0 spiro atoms. The van der Waals surface area contributed by atoms with E-state index in [0.29, 0.717) is 18.9 Å². The monoisotopic (exact) mass is 259 g/mol. The van der Waals surface area contributed by atoms with Gasteiger partial charge in [-0.25, -0.2) is 0 Å². The van der Waals surface area contributed by atoms with Crippen LogP contribution in [0.2, 0.25) is 0 Å². The summed E-state index contributed by atoms with van der Waals surface area (Å²) < 4.78 is 0. The Morgan fingerprint density at radius 2 is 2.11 bits per heavy atom. The fourth-order valence-electron chi connectivity index (χ4n) is 2.09. The topological polar surface area (TPSA) is 49.3 Å². The van der Waals surface area contributed by atoms with Gasteiger partial charge >= 0.3 is 0 Å².